The van der Waals surface area contributed by atoms with Gasteiger partial charge in [0.15, 0.2) is 11.5 Å². The van der Waals surface area contributed by atoms with Gasteiger partial charge >= 0.3 is 0 Å². The van der Waals surface area contributed by atoms with E-state index in [1.54, 1.807) is 6.20 Å². The molecule has 0 unspecified atom stereocenters. The first-order valence-electron chi connectivity index (χ1n) is 6.56. The zero-order valence-electron chi connectivity index (χ0n) is 10.3. The number of aromatic nitrogens is 3. The SMILES string of the molecule is Brc1cn2ccnc2c(NCCC2CCCC2)n1. The van der Waals surface area contributed by atoms with Crippen molar-refractivity contribution in [2.24, 2.45) is 5.92 Å². The minimum atomic E-state index is 0.830. The third kappa shape index (κ3) is 2.51. The number of nitrogens with zero attached hydrogens (tertiary/aromatic N) is 3. The second kappa shape index (κ2) is 5.26. The van der Waals surface area contributed by atoms with Crippen molar-refractivity contribution in [1.82, 2.24) is 14.4 Å². The number of anilines is 1. The molecule has 0 saturated heterocycles. The molecule has 0 aromatic carbocycles. The highest BCUT2D eigenvalue weighted by atomic mass is 79.9. The van der Waals surface area contributed by atoms with Crippen molar-refractivity contribution in [2.75, 3.05) is 11.9 Å². The van der Waals surface area contributed by atoms with Crippen molar-refractivity contribution in [3.8, 4) is 0 Å². The highest BCUT2D eigenvalue weighted by molar-refractivity contribution is 9.10. The van der Waals surface area contributed by atoms with Gasteiger partial charge in [0.25, 0.3) is 0 Å². The lowest BCUT2D eigenvalue weighted by atomic mass is 10.0. The molecule has 2 heterocycles. The number of imidazole rings is 1. The van der Waals surface area contributed by atoms with Crippen molar-refractivity contribution in [2.45, 2.75) is 32.1 Å². The Morgan fingerprint density at radius 1 is 1.39 bits per heavy atom. The summed E-state index contributed by atoms with van der Waals surface area (Å²) in [5, 5.41) is 3.42. The number of fused-ring (bicyclic) bond motifs is 1. The summed E-state index contributed by atoms with van der Waals surface area (Å²) in [4.78, 5) is 8.79. The van der Waals surface area contributed by atoms with E-state index in [1.165, 1.54) is 32.1 Å². The molecular weight excluding hydrogens is 292 g/mol. The van der Waals surface area contributed by atoms with Gasteiger partial charge in [-0.3, -0.25) is 0 Å². The van der Waals surface area contributed by atoms with Gasteiger partial charge in [0.1, 0.15) is 4.60 Å². The molecule has 0 amide bonds. The molecule has 1 saturated carbocycles. The summed E-state index contributed by atoms with van der Waals surface area (Å²) in [6, 6.07) is 0. The molecule has 0 bridgehead atoms. The maximum absolute atomic E-state index is 4.46. The average Bonchev–Trinajstić information content (AvgIpc) is 2.98. The molecule has 2 aromatic rings. The molecule has 1 aliphatic rings. The van der Waals surface area contributed by atoms with Crippen LogP contribution in [-0.4, -0.2) is 20.9 Å². The standard InChI is InChI=1S/C13H17BrN4/c14-11-9-18-8-7-16-13(18)12(17-11)15-6-5-10-3-1-2-4-10/h7-10H,1-6H2,(H,15,17). The smallest absolute Gasteiger partial charge is 0.180 e. The maximum atomic E-state index is 4.46. The highest BCUT2D eigenvalue weighted by Gasteiger charge is 2.14. The van der Waals surface area contributed by atoms with E-state index in [4.69, 9.17) is 0 Å². The van der Waals surface area contributed by atoms with Crippen LogP contribution in [0.1, 0.15) is 32.1 Å². The summed E-state index contributed by atoms with van der Waals surface area (Å²) in [7, 11) is 0. The molecule has 3 rings (SSSR count). The van der Waals surface area contributed by atoms with Crippen LogP contribution in [0.2, 0.25) is 0 Å². The van der Waals surface area contributed by atoms with E-state index in [2.05, 4.69) is 31.2 Å². The van der Waals surface area contributed by atoms with E-state index >= 15 is 0 Å². The van der Waals surface area contributed by atoms with Crippen molar-refractivity contribution in [1.29, 1.82) is 0 Å². The number of halogens is 1. The van der Waals surface area contributed by atoms with Crippen LogP contribution >= 0.6 is 15.9 Å². The fourth-order valence-electron chi connectivity index (χ4n) is 2.71. The molecule has 4 nitrogen and oxygen atoms in total. The lowest BCUT2D eigenvalue weighted by Gasteiger charge is -2.11. The van der Waals surface area contributed by atoms with Crippen LogP contribution in [0, 0.1) is 5.92 Å². The van der Waals surface area contributed by atoms with Crippen LogP contribution in [0.5, 0.6) is 0 Å². The molecule has 0 radical (unpaired) electrons. The zero-order chi connectivity index (χ0) is 12.4. The lowest BCUT2D eigenvalue weighted by molar-refractivity contribution is 0.518. The van der Waals surface area contributed by atoms with Crippen LogP contribution in [0.3, 0.4) is 0 Å². The molecule has 1 fully saturated rings. The fourth-order valence-corrected chi connectivity index (χ4v) is 3.11. The van der Waals surface area contributed by atoms with Gasteiger partial charge in [0.2, 0.25) is 0 Å². The van der Waals surface area contributed by atoms with E-state index in [-0.39, 0.29) is 0 Å². The summed E-state index contributed by atoms with van der Waals surface area (Å²) in [6.45, 7) is 0.983. The van der Waals surface area contributed by atoms with E-state index < -0.39 is 0 Å². The van der Waals surface area contributed by atoms with Crippen LogP contribution in [0.15, 0.2) is 23.2 Å². The first-order chi connectivity index (χ1) is 8.83. The molecular formula is C13H17BrN4. The number of nitrogens with one attached hydrogen (secondary N) is 1. The number of rotatable bonds is 4. The van der Waals surface area contributed by atoms with Gasteiger partial charge in [-0.2, -0.15) is 0 Å². The average molecular weight is 309 g/mol. The van der Waals surface area contributed by atoms with Gasteiger partial charge in [-0.05, 0) is 28.3 Å². The summed E-state index contributed by atoms with van der Waals surface area (Å²) in [5.74, 6) is 1.77. The molecule has 1 N–H and O–H groups in total. The largest absolute Gasteiger partial charge is 0.367 e. The number of hydrogen-bond donors (Lipinski definition) is 1. The Morgan fingerprint density at radius 3 is 3.06 bits per heavy atom. The molecule has 5 heteroatoms. The second-order valence-electron chi connectivity index (χ2n) is 4.94. The summed E-state index contributed by atoms with van der Waals surface area (Å²) >= 11 is 3.43. The van der Waals surface area contributed by atoms with E-state index in [1.807, 2.05) is 16.8 Å². The van der Waals surface area contributed by atoms with Gasteiger partial charge in [0.05, 0.1) is 0 Å². The van der Waals surface area contributed by atoms with Gasteiger partial charge in [-0.1, -0.05) is 25.7 Å². The van der Waals surface area contributed by atoms with E-state index in [0.29, 0.717) is 0 Å². The van der Waals surface area contributed by atoms with Crippen molar-refractivity contribution in [3.05, 3.63) is 23.2 Å². The Bertz CT molecular complexity index is 531. The molecule has 0 spiro atoms. The van der Waals surface area contributed by atoms with E-state index in [9.17, 15) is 0 Å². The van der Waals surface area contributed by atoms with Gasteiger partial charge in [-0.25, -0.2) is 9.97 Å². The lowest BCUT2D eigenvalue weighted by Crippen LogP contribution is -2.09. The van der Waals surface area contributed by atoms with Crippen LogP contribution in [0.25, 0.3) is 5.65 Å². The first kappa shape index (κ1) is 12.0. The minimum Gasteiger partial charge on any atom is -0.367 e. The third-order valence-electron chi connectivity index (χ3n) is 3.66. The molecule has 2 aromatic heterocycles. The summed E-state index contributed by atoms with van der Waals surface area (Å²) < 4.78 is 2.81. The Hall–Kier alpha value is -1.10. The Morgan fingerprint density at radius 2 is 2.22 bits per heavy atom. The Kier molecular flexibility index (Phi) is 3.50. The molecule has 0 aliphatic heterocycles. The second-order valence-corrected chi connectivity index (χ2v) is 5.75. The summed E-state index contributed by atoms with van der Waals surface area (Å²) in [5.41, 5.74) is 0.893. The van der Waals surface area contributed by atoms with Gasteiger partial charge in [0, 0.05) is 25.1 Å². The van der Waals surface area contributed by atoms with Crippen LogP contribution in [-0.2, 0) is 0 Å². The third-order valence-corrected chi connectivity index (χ3v) is 4.05. The quantitative estimate of drug-likeness (QED) is 0.940. The van der Waals surface area contributed by atoms with Gasteiger partial charge < -0.3 is 9.72 Å². The van der Waals surface area contributed by atoms with Crippen LogP contribution < -0.4 is 5.32 Å². The van der Waals surface area contributed by atoms with Crippen molar-refractivity contribution in [3.63, 3.8) is 0 Å². The predicted octanol–water partition coefficient (Wildman–Crippen LogP) is 3.48. The fraction of sp³-hybridized carbons (Fsp3) is 0.538. The maximum Gasteiger partial charge on any atom is 0.180 e. The molecule has 0 atom stereocenters. The minimum absolute atomic E-state index is 0.830. The summed E-state index contributed by atoms with van der Waals surface area (Å²) in [6.07, 6.45) is 12.5. The van der Waals surface area contributed by atoms with Crippen LogP contribution in [0.4, 0.5) is 5.82 Å². The topological polar surface area (TPSA) is 42.2 Å². The van der Waals surface area contributed by atoms with Gasteiger partial charge in [-0.15, -0.1) is 0 Å². The zero-order valence-corrected chi connectivity index (χ0v) is 11.9. The molecule has 18 heavy (non-hydrogen) atoms. The Balaban J connectivity index is 1.67. The predicted molar refractivity (Wildman–Crippen MR) is 75.8 cm³/mol. The Labute approximate surface area is 115 Å². The normalized spacial score (nSPS) is 16.5. The molecule has 1 aliphatic carbocycles. The highest BCUT2D eigenvalue weighted by Crippen LogP contribution is 2.27. The van der Waals surface area contributed by atoms with E-state index in [0.717, 1.165) is 28.5 Å². The monoisotopic (exact) mass is 308 g/mol. The first-order valence-corrected chi connectivity index (χ1v) is 7.35. The van der Waals surface area contributed by atoms with Crippen molar-refractivity contribution < 1.29 is 0 Å². The molecule has 96 valence electrons. The van der Waals surface area contributed by atoms with Crippen molar-refractivity contribution >= 4 is 27.4 Å². The number of hydrogen-bond acceptors (Lipinski definition) is 3.